The number of rotatable bonds is 11. The van der Waals surface area contributed by atoms with Crippen LogP contribution in [0.25, 0.3) is 10.9 Å². The van der Waals surface area contributed by atoms with Gasteiger partial charge in [0.25, 0.3) is 0 Å². The van der Waals surface area contributed by atoms with Crippen molar-refractivity contribution in [2.45, 2.75) is 58.2 Å². The molecule has 2 amide bonds. The van der Waals surface area contributed by atoms with Gasteiger partial charge in [-0.05, 0) is 31.9 Å². The smallest absolute Gasteiger partial charge is 0.328 e. The third kappa shape index (κ3) is 7.02. The Hall–Kier alpha value is -3.56. The second-order valence-corrected chi connectivity index (χ2v) is 7.39. The summed E-state index contributed by atoms with van der Waals surface area (Å²) in [5, 5.41) is 13.0. The van der Waals surface area contributed by atoms with E-state index in [1.807, 2.05) is 0 Å². The molecule has 2 heterocycles. The van der Waals surface area contributed by atoms with E-state index in [1.165, 1.54) is 6.92 Å². The highest BCUT2D eigenvalue weighted by atomic mass is 16.5. The maximum absolute atomic E-state index is 13.0. The zero-order chi connectivity index (χ0) is 23.0. The third-order valence-corrected chi connectivity index (χ3v) is 4.48. The molecule has 4 N–H and O–H groups in total. The monoisotopic (exact) mass is 429 g/mol. The summed E-state index contributed by atoms with van der Waals surface area (Å²) in [7, 11) is 0. The highest BCUT2D eigenvalue weighted by Crippen LogP contribution is 2.18. The van der Waals surface area contributed by atoms with Crippen molar-refractivity contribution in [1.82, 2.24) is 20.6 Å². The second kappa shape index (κ2) is 11.0. The molecule has 0 aliphatic rings. The SMILES string of the molecule is CC(=O)N[C@@H](Cc1c[nH]c2ccncc12)C(=O)N[C@@H](CCC(=O)C=N)C(=O)OC(C)C. The van der Waals surface area contributed by atoms with Crippen molar-refractivity contribution in [2.24, 2.45) is 0 Å². The average Bonchev–Trinajstić information content (AvgIpc) is 3.12. The van der Waals surface area contributed by atoms with Crippen LogP contribution in [0, 0.1) is 5.41 Å². The van der Waals surface area contributed by atoms with Gasteiger partial charge < -0.3 is 25.8 Å². The molecule has 0 aromatic carbocycles. The van der Waals surface area contributed by atoms with E-state index in [0.29, 0.717) is 6.21 Å². The lowest BCUT2D eigenvalue weighted by molar-refractivity contribution is -0.151. The number of aromatic nitrogens is 2. The van der Waals surface area contributed by atoms with Gasteiger partial charge in [0.15, 0.2) is 5.78 Å². The van der Waals surface area contributed by atoms with Crippen LogP contribution in [0.3, 0.4) is 0 Å². The Kier molecular flexibility index (Phi) is 8.42. The van der Waals surface area contributed by atoms with Gasteiger partial charge in [0, 0.05) is 49.3 Å². The molecular weight excluding hydrogens is 402 g/mol. The molecular formula is C21H27N5O5. The van der Waals surface area contributed by atoms with Crippen molar-refractivity contribution < 1.29 is 23.9 Å². The molecule has 10 nitrogen and oxygen atoms in total. The molecule has 0 spiro atoms. The molecule has 0 unspecified atom stereocenters. The first kappa shape index (κ1) is 23.7. The van der Waals surface area contributed by atoms with Gasteiger partial charge >= 0.3 is 5.97 Å². The van der Waals surface area contributed by atoms with E-state index in [4.69, 9.17) is 10.1 Å². The fourth-order valence-electron chi connectivity index (χ4n) is 3.06. The Labute approximate surface area is 179 Å². The van der Waals surface area contributed by atoms with Crippen LogP contribution in [0.5, 0.6) is 0 Å². The number of carbonyl (C=O) groups excluding carboxylic acids is 4. The zero-order valence-electron chi connectivity index (χ0n) is 17.7. The summed E-state index contributed by atoms with van der Waals surface area (Å²) < 4.78 is 5.18. The minimum Gasteiger partial charge on any atom is -0.461 e. The number of hydrogen-bond acceptors (Lipinski definition) is 7. The Bertz CT molecular complexity index is 968. The number of carbonyl (C=O) groups is 4. The molecule has 2 rings (SSSR count). The molecule has 0 aliphatic heterocycles. The summed E-state index contributed by atoms with van der Waals surface area (Å²) in [6, 6.07) is -0.242. The first-order valence-corrected chi connectivity index (χ1v) is 9.92. The Morgan fingerprint density at radius 1 is 1.23 bits per heavy atom. The molecule has 2 aromatic rings. The van der Waals surface area contributed by atoms with E-state index in [1.54, 1.807) is 38.5 Å². The number of pyridine rings is 1. The lowest BCUT2D eigenvalue weighted by atomic mass is 10.0. The van der Waals surface area contributed by atoms with Crippen molar-refractivity contribution in [2.75, 3.05) is 0 Å². The molecule has 0 saturated carbocycles. The zero-order valence-corrected chi connectivity index (χ0v) is 17.7. The first-order chi connectivity index (χ1) is 14.7. The summed E-state index contributed by atoms with van der Waals surface area (Å²) >= 11 is 0. The number of nitrogens with one attached hydrogen (secondary N) is 4. The molecule has 0 bridgehead atoms. The van der Waals surface area contributed by atoms with Crippen LogP contribution in [0.2, 0.25) is 0 Å². The summed E-state index contributed by atoms with van der Waals surface area (Å²) in [6.07, 6.45) is 5.35. The van der Waals surface area contributed by atoms with Crippen LogP contribution in [0.1, 0.15) is 39.2 Å². The summed E-state index contributed by atoms with van der Waals surface area (Å²) in [5.41, 5.74) is 1.62. The average molecular weight is 429 g/mol. The van der Waals surface area contributed by atoms with E-state index in [9.17, 15) is 19.2 Å². The number of Topliss-reactive ketones (excluding diaryl/α,β-unsaturated/α-hetero) is 1. The number of hydrogen-bond donors (Lipinski definition) is 4. The van der Waals surface area contributed by atoms with Gasteiger partial charge in [-0.15, -0.1) is 0 Å². The molecule has 0 radical (unpaired) electrons. The standard InChI is InChI=1S/C21H27N5O5/c1-12(2)31-21(30)18(5-4-15(28)9-22)26-20(29)19(25-13(3)27)8-14-10-24-17-6-7-23-11-16(14)17/h6-7,9-12,18-19,22,24H,4-5,8H2,1-3H3,(H,25,27)(H,26,29)/t18-,19-/m0/s1. The molecule has 166 valence electrons. The number of ether oxygens (including phenoxy) is 1. The Morgan fingerprint density at radius 3 is 2.61 bits per heavy atom. The molecule has 0 aliphatic carbocycles. The van der Waals surface area contributed by atoms with Gasteiger partial charge in [-0.3, -0.25) is 19.4 Å². The minimum absolute atomic E-state index is 0.0185. The van der Waals surface area contributed by atoms with Gasteiger partial charge in [0.1, 0.15) is 12.1 Å². The van der Waals surface area contributed by atoms with Crippen molar-refractivity contribution in [3.8, 4) is 0 Å². The highest BCUT2D eigenvalue weighted by molar-refractivity contribution is 6.26. The Morgan fingerprint density at radius 2 is 1.97 bits per heavy atom. The van der Waals surface area contributed by atoms with E-state index in [-0.39, 0.29) is 19.3 Å². The largest absolute Gasteiger partial charge is 0.461 e. The summed E-state index contributed by atoms with van der Waals surface area (Å²) in [4.78, 5) is 55.7. The van der Waals surface area contributed by atoms with E-state index in [2.05, 4.69) is 20.6 Å². The van der Waals surface area contributed by atoms with Crippen LogP contribution in [-0.2, 0) is 30.3 Å². The van der Waals surface area contributed by atoms with Crippen LogP contribution in [0.4, 0.5) is 0 Å². The molecule has 2 aromatic heterocycles. The fraction of sp³-hybridized carbons (Fsp3) is 0.429. The lowest BCUT2D eigenvalue weighted by Gasteiger charge is -2.23. The number of fused-ring (bicyclic) bond motifs is 1. The molecule has 31 heavy (non-hydrogen) atoms. The maximum atomic E-state index is 13.0. The molecule has 0 saturated heterocycles. The topological polar surface area (TPSA) is 154 Å². The maximum Gasteiger partial charge on any atom is 0.328 e. The predicted octanol–water partition coefficient (Wildman–Crippen LogP) is 1.05. The first-order valence-electron chi connectivity index (χ1n) is 9.92. The summed E-state index contributed by atoms with van der Waals surface area (Å²) in [6.45, 7) is 4.64. The number of amides is 2. The molecule has 10 heteroatoms. The normalized spacial score (nSPS) is 12.8. The molecule has 2 atom stereocenters. The van der Waals surface area contributed by atoms with Gasteiger partial charge in [0.05, 0.1) is 12.3 Å². The van der Waals surface area contributed by atoms with E-state index < -0.39 is 41.8 Å². The van der Waals surface area contributed by atoms with Crippen LogP contribution < -0.4 is 10.6 Å². The van der Waals surface area contributed by atoms with Crippen LogP contribution in [0.15, 0.2) is 24.7 Å². The van der Waals surface area contributed by atoms with E-state index >= 15 is 0 Å². The van der Waals surface area contributed by atoms with Gasteiger partial charge in [-0.2, -0.15) is 0 Å². The lowest BCUT2D eigenvalue weighted by Crippen LogP contribution is -2.52. The third-order valence-electron chi connectivity index (χ3n) is 4.48. The van der Waals surface area contributed by atoms with Crippen molar-refractivity contribution in [3.05, 3.63) is 30.2 Å². The van der Waals surface area contributed by atoms with Crippen molar-refractivity contribution >= 4 is 40.7 Å². The number of nitrogens with zero attached hydrogens (tertiary/aromatic N) is 1. The number of aromatic amines is 1. The second-order valence-electron chi connectivity index (χ2n) is 7.39. The Balaban J connectivity index is 2.19. The number of esters is 1. The van der Waals surface area contributed by atoms with E-state index in [0.717, 1.165) is 16.5 Å². The van der Waals surface area contributed by atoms with Crippen LogP contribution in [-0.4, -0.2) is 57.9 Å². The van der Waals surface area contributed by atoms with Gasteiger partial charge in [-0.1, -0.05) is 0 Å². The number of H-pyrrole nitrogens is 1. The quantitative estimate of drug-likeness (QED) is 0.309. The minimum atomic E-state index is -1.08. The van der Waals surface area contributed by atoms with Crippen molar-refractivity contribution in [1.29, 1.82) is 5.41 Å². The van der Waals surface area contributed by atoms with Crippen LogP contribution >= 0.6 is 0 Å². The van der Waals surface area contributed by atoms with Crippen molar-refractivity contribution in [3.63, 3.8) is 0 Å². The predicted molar refractivity (Wildman–Crippen MR) is 114 cm³/mol. The summed E-state index contributed by atoms with van der Waals surface area (Å²) in [5.74, 6) is -2.14. The molecule has 0 fully saturated rings. The highest BCUT2D eigenvalue weighted by Gasteiger charge is 2.28. The number of ketones is 1. The van der Waals surface area contributed by atoms with Gasteiger partial charge in [0.2, 0.25) is 11.8 Å². The fourth-order valence-corrected chi connectivity index (χ4v) is 3.06. The van der Waals surface area contributed by atoms with Gasteiger partial charge in [-0.25, -0.2) is 4.79 Å².